The van der Waals surface area contributed by atoms with Crippen molar-refractivity contribution in [2.24, 2.45) is 0 Å². The van der Waals surface area contributed by atoms with Gasteiger partial charge in [-0.2, -0.15) is 0 Å². The quantitative estimate of drug-likeness (QED) is 0.445. The van der Waals surface area contributed by atoms with Crippen molar-refractivity contribution in [1.29, 1.82) is 0 Å². The molecule has 26 heavy (non-hydrogen) atoms. The van der Waals surface area contributed by atoms with Gasteiger partial charge in [0.1, 0.15) is 0 Å². The van der Waals surface area contributed by atoms with Crippen LogP contribution in [-0.2, 0) is 13.0 Å². The minimum atomic E-state index is 0.0864. The first-order valence-corrected chi connectivity index (χ1v) is 8.95. The Morgan fingerprint density at radius 2 is 1.65 bits per heavy atom. The van der Waals surface area contributed by atoms with Crippen LogP contribution in [0.1, 0.15) is 27.0 Å². The monoisotopic (exact) mass is 339 g/mol. The summed E-state index contributed by atoms with van der Waals surface area (Å²) in [5, 5.41) is 1.02. The Labute approximate surface area is 153 Å². The Hall–Kier alpha value is -3.13. The molecule has 0 N–H and O–H groups in total. The summed E-state index contributed by atoms with van der Waals surface area (Å²) in [7, 11) is 0. The normalized spacial score (nSPS) is 11.0. The van der Waals surface area contributed by atoms with E-state index in [-0.39, 0.29) is 5.78 Å². The zero-order valence-corrected chi connectivity index (χ0v) is 14.9. The highest BCUT2D eigenvalue weighted by molar-refractivity contribution is 6.16. The highest BCUT2D eigenvalue weighted by atomic mass is 16.1. The van der Waals surface area contributed by atoms with Crippen molar-refractivity contribution >= 4 is 16.7 Å². The van der Waals surface area contributed by atoms with Gasteiger partial charge in [-0.05, 0) is 31.0 Å². The van der Waals surface area contributed by atoms with Crippen molar-refractivity contribution in [3.8, 4) is 0 Å². The summed E-state index contributed by atoms with van der Waals surface area (Å²) in [6.07, 6.45) is 2.95. The molecule has 2 nitrogen and oxygen atoms in total. The van der Waals surface area contributed by atoms with Crippen LogP contribution in [0.15, 0.2) is 85.1 Å². The SMILES string of the molecule is Cc1cccc(C(=O)c2cn(CCc3ccccc3)c3ccccc23)c1. The van der Waals surface area contributed by atoms with Crippen LogP contribution >= 0.6 is 0 Å². The number of nitrogens with zero attached hydrogens (tertiary/aromatic N) is 1. The summed E-state index contributed by atoms with van der Waals surface area (Å²) in [5.41, 5.74) is 5.04. The van der Waals surface area contributed by atoms with E-state index in [0.717, 1.165) is 40.6 Å². The molecule has 1 aromatic heterocycles. The minimum Gasteiger partial charge on any atom is -0.346 e. The number of para-hydroxylation sites is 1. The predicted molar refractivity (Wildman–Crippen MR) is 107 cm³/mol. The number of rotatable bonds is 5. The second-order valence-corrected chi connectivity index (χ2v) is 6.69. The molecule has 0 atom stereocenters. The van der Waals surface area contributed by atoms with Crippen molar-refractivity contribution in [1.82, 2.24) is 4.57 Å². The maximum Gasteiger partial charge on any atom is 0.195 e. The smallest absolute Gasteiger partial charge is 0.195 e. The largest absolute Gasteiger partial charge is 0.346 e. The van der Waals surface area contributed by atoms with Crippen LogP contribution in [-0.4, -0.2) is 10.4 Å². The molecule has 0 aliphatic carbocycles. The van der Waals surface area contributed by atoms with Crippen LogP contribution in [0.4, 0.5) is 0 Å². The third-order valence-electron chi connectivity index (χ3n) is 4.80. The van der Waals surface area contributed by atoms with Crippen LogP contribution in [0.25, 0.3) is 10.9 Å². The van der Waals surface area contributed by atoms with E-state index in [2.05, 4.69) is 34.9 Å². The number of ketones is 1. The fraction of sp³-hybridized carbons (Fsp3) is 0.125. The van der Waals surface area contributed by atoms with Crippen molar-refractivity contribution in [3.63, 3.8) is 0 Å². The highest BCUT2D eigenvalue weighted by Gasteiger charge is 2.16. The molecule has 4 aromatic rings. The number of aromatic nitrogens is 1. The number of fused-ring (bicyclic) bond motifs is 1. The summed E-state index contributed by atoms with van der Waals surface area (Å²) in [6, 6.07) is 26.4. The zero-order chi connectivity index (χ0) is 17.9. The number of hydrogen-bond acceptors (Lipinski definition) is 1. The van der Waals surface area contributed by atoms with Crippen LogP contribution in [0, 0.1) is 6.92 Å². The number of carbonyl (C=O) groups is 1. The van der Waals surface area contributed by atoms with E-state index in [1.165, 1.54) is 5.56 Å². The van der Waals surface area contributed by atoms with E-state index in [0.29, 0.717) is 0 Å². The van der Waals surface area contributed by atoms with E-state index >= 15 is 0 Å². The third-order valence-corrected chi connectivity index (χ3v) is 4.80. The molecule has 2 heteroatoms. The van der Waals surface area contributed by atoms with Gasteiger partial charge in [0.25, 0.3) is 0 Å². The van der Waals surface area contributed by atoms with Gasteiger partial charge in [0.05, 0.1) is 0 Å². The number of aryl methyl sites for hydroxylation is 3. The first kappa shape index (κ1) is 16.3. The Morgan fingerprint density at radius 3 is 2.46 bits per heavy atom. The molecule has 0 fully saturated rings. The molecular weight excluding hydrogens is 318 g/mol. The predicted octanol–water partition coefficient (Wildman–Crippen LogP) is 5.42. The Bertz CT molecular complexity index is 1060. The molecule has 0 spiro atoms. The molecule has 0 aliphatic rings. The number of carbonyl (C=O) groups excluding carboxylic acids is 1. The lowest BCUT2D eigenvalue weighted by molar-refractivity contribution is 0.104. The summed E-state index contributed by atoms with van der Waals surface area (Å²) >= 11 is 0. The van der Waals surface area contributed by atoms with Gasteiger partial charge in [0.2, 0.25) is 0 Å². The van der Waals surface area contributed by atoms with Gasteiger partial charge in [0.15, 0.2) is 5.78 Å². The van der Waals surface area contributed by atoms with Gasteiger partial charge in [-0.3, -0.25) is 4.79 Å². The molecule has 1 heterocycles. The van der Waals surface area contributed by atoms with E-state index in [1.807, 2.05) is 61.7 Å². The van der Waals surface area contributed by atoms with E-state index in [9.17, 15) is 4.79 Å². The lowest BCUT2D eigenvalue weighted by Gasteiger charge is -2.05. The number of benzene rings is 3. The molecule has 0 aliphatic heterocycles. The van der Waals surface area contributed by atoms with Gasteiger partial charge < -0.3 is 4.57 Å². The van der Waals surface area contributed by atoms with Gasteiger partial charge in [0, 0.05) is 34.8 Å². The van der Waals surface area contributed by atoms with Gasteiger partial charge in [-0.1, -0.05) is 72.3 Å². The maximum atomic E-state index is 13.1. The lowest BCUT2D eigenvalue weighted by Crippen LogP contribution is -2.02. The zero-order valence-electron chi connectivity index (χ0n) is 14.9. The summed E-state index contributed by atoms with van der Waals surface area (Å²) in [6.45, 7) is 2.87. The Kier molecular flexibility index (Phi) is 4.40. The molecule has 128 valence electrons. The topological polar surface area (TPSA) is 22.0 Å². The summed E-state index contributed by atoms with van der Waals surface area (Å²) < 4.78 is 2.20. The second-order valence-electron chi connectivity index (χ2n) is 6.69. The fourth-order valence-corrected chi connectivity index (χ4v) is 3.45. The van der Waals surface area contributed by atoms with Crippen LogP contribution < -0.4 is 0 Å². The number of hydrogen-bond donors (Lipinski definition) is 0. The standard InChI is InChI=1S/C24H21NO/c1-18-8-7-11-20(16-18)24(26)22-17-25(23-13-6-5-12-21(22)23)15-14-19-9-3-2-4-10-19/h2-13,16-17H,14-15H2,1H3. The lowest BCUT2D eigenvalue weighted by atomic mass is 10.0. The van der Waals surface area contributed by atoms with Crippen LogP contribution in [0.3, 0.4) is 0 Å². The molecule has 0 radical (unpaired) electrons. The van der Waals surface area contributed by atoms with Crippen LogP contribution in [0.5, 0.6) is 0 Å². The molecule has 4 rings (SSSR count). The molecule has 0 amide bonds. The maximum absolute atomic E-state index is 13.1. The Morgan fingerprint density at radius 1 is 0.885 bits per heavy atom. The summed E-state index contributed by atoms with van der Waals surface area (Å²) in [4.78, 5) is 13.1. The molecule has 0 unspecified atom stereocenters. The van der Waals surface area contributed by atoms with Crippen molar-refractivity contribution in [2.45, 2.75) is 19.9 Å². The van der Waals surface area contributed by atoms with Crippen molar-refractivity contribution < 1.29 is 4.79 Å². The Balaban J connectivity index is 1.71. The summed E-state index contributed by atoms with van der Waals surface area (Å²) in [5.74, 6) is 0.0864. The van der Waals surface area contributed by atoms with E-state index < -0.39 is 0 Å². The highest BCUT2D eigenvalue weighted by Crippen LogP contribution is 2.24. The van der Waals surface area contributed by atoms with Gasteiger partial charge in [-0.25, -0.2) is 0 Å². The fourth-order valence-electron chi connectivity index (χ4n) is 3.45. The first-order chi connectivity index (χ1) is 12.7. The van der Waals surface area contributed by atoms with Crippen molar-refractivity contribution in [3.05, 3.63) is 107 Å². The minimum absolute atomic E-state index is 0.0864. The van der Waals surface area contributed by atoms with Crippen LogP contribution in [0.2, 0.25) is 0 Å². The molecule has 0 saturated carbocycles. The van der Waals surface area contributed by atoms with Gasteiger partial charge in [-0.15, -0.1) is 0 Å². The van der Waals surface area contributed by atoms with Crippen molar-refractivity contribution in [2.75, 3.05) is 0 Å². The average Bonchev–Trinajstić information content (AvgIpc) is 3.05. The molecule has 0 bridgehead atoms. The second kappa shape index (κ2) is 7.01. The van der Waals surface area contributed by atoms with Gasteiger partial charge >= 0.3 is 0 Å². The molecular formula is C24H21NO. The van der Waals surface area contributed by atoms with E-state index in [4.69, 9.17) is 0 Å². The van der Waals surface area contributed by atoms with E-state index in [1.54, 1.807) is 0 Å². The third kappa shape index (κ3) is 3.18. The first-order valence-electron chi connectivity index (χ1n) is 8.95. The molecule has 0 saturated heterocycles. The molecule has 3 aromatic carbocycles. The average molecular weight is 339 g/mol.